The molecule has 1 atom stereocenters. The third-order valence-corrected chi connectivity index (χ3v) is 7.60. The van der Waals surface area contributed by atoms with Gasteiger partial charge in [-0.15, -0.1) is 0 Å². The molecule has 1 aliphatic carbocycles. The van der Waals surface area contributed by atoms with Crippen molar-refractivity contribution >= 4 is 5.57 Å². The Kier molecular flexibility index (Phi) is 8.77. The Balaban J connectivity index is 1.29. The van der Waals surface area contributed by atoms with Crippen molar-refractivity contribution in [1.82, 2.24) is 0 Å². The van der Waals surface area contributed by atoms with Crippen molar-refractivity contribution < 1.29 is 18.3 Å². The fourth-order valence-corrected chi connectivity index (χ4v) is 5.57. The molecule has 1 unspecified atom stereocenters. The first kappa shape index (κ1) is 24.9. The number of hydrogen-bond acceptors (Lipinski definition) is 2. The van der Waals surface area contributed by atoms with Gasteiger partial charge in [0, 0.05) is 0 Å². The Hall–Kier alpha value is -2.20. The van der Waals surface area contributed by atoms with E-state index in [0.717, 1.165) is 17.9 Å². The Labute approximate surface area is 203 Å². The van der Waals surface area contributed by atoms with E-state index in [9.17, 15) is 8.78 Å². The standard InChI is InChI=1S/C30H38F2O2/c1-3-5-21-8-13-24(14-9-21)27-18-17-26(20-34-27)23-11-6-22(7-12-23)10-15-25-16-19-28(33-4-2)30(32)29(25)31/h6-7,11-12,16-17,19,21,24,27H,3-5,8-10,13-15,18,20H2,1-2H3. The normalized spacial score (nSPS) is 22.9. The lowest BCUT2D eigenvalue weighted by molar-refractivity contribution is 0.00867. The molecule has 2 nitrogen and oxygen atoms in total. The molecule has 184 valence electrons. The van der Waals surface area contributed by atoms with Crippen LogP contribution in [0.25, 0.3) is 5.57 Å². The van der Waals surface area contributed by atoms with Crippen LogP contribution in [0.1, 0.15) is 75.5 Å². The molecule has 2 aromatic rings. The van der Waals surface area contributed by atoms with Gasteiger partial charge < -0.3 is 9.47 Å². The summed E-state index contributed by atoms with van der Waals surface area (Å²) in [7, 11) is 0. The first-order chi connectivity index (χ1) is 16.6. The smallest absolute Gasteiger partial charge is 0.200 e. The zero-order chi connectivity index (χ0) is 23.9. The fraction of sp³-hybridized carbons (Fsp3) is 0.533. The van der Waals surface area contributed by atoms with Crippen LogP contribution in [-0.2, 0) is 17.6 Å². The molecule has 1 aliphatic heterocycles. The van der Waals surface area contributed by atoms with E-state index >= 15 is 0 Å². The van der Waals surface area contributed by atoms with Crippen molar-refractivity contribution in [1.29, 1.82) is 0 Å². The quantitative estimate of drug-likeness (QED) is 0.372. The van der Waals surface area contributed by atoms with Gasteiger partial charge in [0.25, 0.3) is 0 Å². The summed E-state index contributed by atoms with van der Waals surface area (Å²) in [6.45, 7) is 5.03. The molecule has 0 aromatic heterocycles. The number of aryl methyl sites for hydroxylation is 2. The van der Waals surface area contributed by atoms with Crippen LogP contribution in [0.15, 0.2) is 42.5 Å². The van der Waals surface area contributed by atoms with Gasteiger partial charge in [-0.25, -0.2) is 4.39 Å². The Morgan fingerprint density at radius 2 is 1.68 bits per heavy atom. The summed E-state index contributed by atoms with van der Waals surface area (Å²) < 4.78 is 39.9. The Morgan fingerprint density at radius 3 is 2.32 bits per heavy atom. The minimum Gasteiger partial charge on any atom is -0.491 e. The molecule has 4 rings (SSSR count). The predicted octanol–water partition coefficient (Wildman–Crippen LogP) is 7.93. The molecule has 0 spiro atoms. The number of ether oxygens (including phenoxy) is 2. The molecular weight excluding hydrogens is 430 g/mol. The Morgan fingerprint density at radius 1 is 0.912 bits per heavy atom. The van der Waals surface area contributed by atoms with Crippen molar-refractivity contribution in [2.24, 2.45) is 11.8 Å². The number of rotatable bonds is 9. The van der Waals surface area contributed by atoms with Gasteiger partial charge in [0.1, 0.15) is 0 Å². The molecule has 0 bridgehead atoms. The largest absolute Gasteiger partial charge is 0.491 e. The first-order valence-electron chi connectivity index (χ1n) is 13.1. The summed E-state index contributed by atoms with van der Waals surface area (Å²) in [4.78, 5) is 0. The van der Waals surface area contributed by atoms with Crippen LogP contribution in [0.4, 0.5) is 8.78 Å². The average molecular weight is 469 g/mol. The highest BCUT2D eigenvalue weighted by molar-refractivity contribution is 5.67. The van der Waals surface area contributed by atoms with E-state index < -0.39 is 11.6 Å². The summed E-state index contributed by atoms with van der Waals surface area (Å²) in [6.07, 6.45) is 12.9. The molecule has 0 N–H and O–H groups in total. The fourth-order valence-electron chi connectivity index (χ4n) is 5.57. The molecular formula is C30H38F2O2. The minimum absolute atomic E-state index is 0.0255. The van der Waals surface area contributed by atoms with Crippen LogP contribution >= 0.6 is 0 Å². The second-order valence-corrected chi connectivity index (χ2v) is 9.86. The lowest BCUT2D eigenvalue weighted by atomic mass is 9.76. The summed E-state index contributed by atoms with van der Waals surface area (Å²) in [6, 6.07) is 11.5. The SMILES string of the molecule is CCCC1CCC(C2CC=C(c3ccc(CCc4ccc(OCC)c(F)c4F)cc3)CO2)CC1. The highest BCUT2D eigenvalue weighted by Gasteiger charge is 2.29. The third kappa shape index (κ3) is 6.07. The van der Waals surface area contributed by atoms with E-state index in [0.29, 0.717) is 43.6 Å². The summed E-state index contributed by atoms with van der Waals surface area (Å²) >= 11 is 0. The van der Waals surface area contributed by atoms with E-state index in [1.54, 1.807) is 13.0 Å². The van der Waals surface area contributed by atoms with Gasteiger partial charge in [-0.3, -0.25) is 0 Å². The predicted molar refractivity (Wildman–Crippen MR) is 134 cm³/mol. The van der Waals surface area contributed by atoms with Gasteiger partial charge in [-0.1, -0.05) is 69.0 Å². The van der Waals surface area contributed by atoms with Crippen molar-refractivity contribution in [3.8, 4) is 5.75 Å². The highest BCUT2D eigenvalue weighted by atomic mass is 19.2. The maximum absolute atomic E-state index is 14.3. The molecule has 2 aliphatic rings. The van der Waals surface area contributed by atoms with Crippen LogP contribution in [-0.4, -0.2) is 19.3 Å². The number of halogens is 2. The third-order valence-electron chi connectivity index (χ3n) is 7.60. The molecule has 4 heteroatoms. The van der Waals surface area contributed by atoms with E-state index in [4.69, 9.17) is 9.47 Å². The molecule has 1 heterocycles. The zero-order valence-corrected chi connectivity index (χ0v) is 20.6. The van der Waals surface area contributed by atoms with Crippen molar-refractivity contribution in [3.63, 3.8) is 0 Å². The van der Waals surface area contributed by atoms with Gasteiger partial charge in [-0.05, 0) is 79.2 Å². The van der Waals surface area contributed by atoms with Crippen LogP contribution in [0.3, 0.4) is 0 Å². The van der Waals surface area contributed by atoms with E-state index in [1.165, 1.54) is 55.7 Å². The molecule has 1 saturated carbocycles. The lowest BCUT2D eigenvalue weighted by Gasteiger charge is -2.35. The molecule has 2 aromatic carbocycles. The van der Waals surface area contributed by atoms with Gasteiger partial charge in [0.2, 0.25) is 5.82 Å². The number of benzene rings is 2. The van der Waals surface area contributed by atoms with Gasteiger partial charge in [0.15, 0.2) is 11.6 Å². The van der Waals surface area contributed by atoms with Crippen LogP contribution in [0, 0.1) is 23.5 Å². The first-order valence-corrected chi connectivity index (χ1v) is 13.1. The monoisotopic (exact) mass is 468 g/mol. The van der Waals surface area contributed by atoms with E-state index in [-0.39, 0.29) is 5.75 Å². The van der Waals surface area contributed by atoms with Crippen LogP contribution in [0.5, 0.6) is 5.75 Å². The molecule has 0 saturated heterocycles. The summed E-state index contributed by atoms with van der Waals surface area (Å²) in [5.74, 6) is -0.0882. The van der Waals surface area contributed by atoms with Crippen molar-refractivity contribution in [2.75, 3.05) is 13.2 Å². The number of hydrogen-bond donors (Lipinski definition) is 0. The zero-order valence-electron chi connectivity index (χ0n) is 20.6. The second kappa shape index (κ2) is 12.0. The summed E-state index contributed by atoms with van der Waals surface area (Å²) in [5, 5.41) is 0. The molecule has 0 amide bonds. The molecule has 1 fully saturated rings. The van der Waals surface area contributed by atoms with Crippen molar-refractivity contribution in [2.45, 2.75) is 77.7 Å². The van der Waals surface area contributed by atoms with E-state index in [2.05, 4.69) is 37.3 Å². The van der Waals surface area contributed by atoms with Gasteiger partial charge >= 0.3 is 0 Å². The van der Waals surface area contributed by atoms with Crippen LogP contribution < -0.4 is 4.74 Å². The molecule has 0 radical (unpaired) electrons. The maximum atomic E-state index is 14.3. The van der Waals surface area contributed by atoms with Crippen molar-refractivity contribution in [3.05, 3.63) is 70.8 Å². The minimum atomic E-state index is -0.897. The van der Waals surface area contributed by atoms with E-state index in [1.807, 2.05) is 0 Å². The van der Waals surface area contributed by atoms with Gasteiger partial charge in [0.05, 0.1) is 19.3 Å². The molecule has 34 heavy (non-hydrogen) atoms. The second-order valence-electron chi connectivity index (χ2n) is 9.86. The topological polar surface area (TPSA) is 18.5 Å². The Bertz CT molecular complexity index is 959. The van der Waals surface area contributed by atoms with Gasteiger partial charge in [-0.2, -0.15) is 4.39 Å². The average Bonchev–Trinajstić information content (AvgIpc) is 2.88. The highest BCUT2D eigenvalue weighted by Crippen LogP contribution is 2.37. The summed E-state index contributed by atoms with van der Waals surface area (Å²) in [5.41, 5.74) is 3.92. The lowest BCUT2D eigenvalue weighted by Crippen LogP contribution is -2.30. The maximum Gasteiger partial charge on any atom is 0.200 e. The van der Waals surface area contributed by atoms with Crippen LogP contribution in [0.2, 0.25) is 0 Å².